The fourth-order valence-electron chi connectivity index (χ4n) is 2.93. The van der Waals surface area contributed by atoms with Gasteiger partial charge in [-0.1, -0.05) is 0 Å². The van der Waals surface area contributed by atoms with Crippen LogP contribution in [0.1, 0.15) is 59.3 Å². The molecule has 0 spiro atoms. The molecule has 2 aliphatic rings. The maximum absolute atomic E-state index is 12.1. The van der Waals surface area contributed by atoms with Crippen molar-refractivity contribution < 1.29 is 9.53 Å². The van der Waals surface area contributed by atoms with Crippen LogP contribution in [0.4, 0.5) is 4.79 Å². The van der Waals surface area contributed by atoms with Crippen LogP contribution in [0, 0.1) is 0 Å². The maximum atomic E-state index is 12.1. The van der Waals surface area contributed by atoms with Gasteiger partial charge >= 0.3 is 6.09 Å². The van der Waals surface area contributed by atoms with E-state index in [0.29, 0.717) is 12.1 Å². The molecule has 0 aliphatic carbocycles. The predicted molar refractivity (Wildman–Crippen MR) is 63.4 cm³/mol. The van der Waals surface area contributed by atoms with Crippen LogP contribution in [0.25, 0.3) is 0 Å². The summed E-state index contributed by atoms with van der Waals surface area (Å²) in [7, 11) is 0. The van der Waals surface area contributed by atoms with Gasteiger partial charge in [-0.05, 0) is 59.3 Å². The van der Waals surface area contributed by atoms with Crippen LogP contribution in [0.3, 0.4) is 0 Å². The molecule has 3 nitrogen and oxygen atoms in total. The van der Waals surface area contributed by atoms with Crippen LogP contribution in [0.5, 0.6) is 0 Å². The highest BCUT2D eigenvalue weighted by Gasteiger charge is 2.38. The van der Waals surface area contributed by atoms with E-state index < -0.39 is 0 Å². The van der Waals surface area contributed by atoms with Gasteiger partial charge in [0.05, 0.1) is 0 Å². The molecule has 0 aromatic heterocycles. The minimum absolute atomic E-state index is 0.0955. The Morgan fingerprint density at radius 2 is 1.50 bits per heavy atom. The van der Waals surface area contributed by atoms with Gasteiger partial charge in [-0.15, -0.1) is 0 Å². The molecular formula is C13H23NO2. The number of nitrogens with zero attached hydrogens (tertiary/aromatic N) is 1. The third-order valence-electron chi connectivity index (χ3n) is 3.54. The van der Waals surface area contributed by atoms with Crippen LogP contribution in [0.15, 0.2) is 0 Å². The molecular weight excluding hydrogens is 202 g/mol. The van der Waals surface area contributed by atoms with E-state index in [2.05, 4.69) is 0 Å². The molecule has 0 aromatic rings. The first-order valence-electron chi connectivity index (χ1n) is 6.49. The summed E-state index contributed by atoms with van der Waals surface area (Å²) in [6, 6.07) is 0.893. The molecule has 0 N–H and O–H groups in total. The Hall–Kier alpha value is -0.730. The largest absolute Gasteiger partial charge is 0.444 e. The van der Waals surface area contributed by atoms with Crippen LogP contribution < -0.4 is 0 Å². The second-order valence-corrected chi connectivity index (χ2v) is 6.06. The molecule has 2 fully saturated rings. The summed E-state index contributed by atoms with van der Waals surface area (Å²) >= 11 is 0. The summed E-state index contributed by atoms with van der Waals surface area (Å²) in [6.45, 7) is 5.81. The average molecular weight is 225 g/mol. The van der Waals surface area contributed by atoms with Gasteiger partial charge in [0.1, 0.15) is 5.60 Å². The first-order chi connectivity index (χ1) is 7.47. The Labute approximate surface area is 98.1 Å². The SMILES string of the molecule is CC(C)(C)OC(=O)N1[C@H]2CCC[C@@H]1CCC2. The van der Waals surface area contributed by atoms with Crippen molar-refractivity contribution in [2.45, 2.75) is 77.0 Å². The number of carbonyl (C=O) groups is 1. The highest BCUT2D eigenvalue weighted by molar-refractivity contribution is 5.69. The van der Waals surface area contributed by atoms with Gasteiger partial charge in [-0.2, -0.15) is 0 Å². The lowest BCUT2D eigenvalue weighted by atomic mass is 9.85. The number of ether oxygens (including phenoxy) is 1. The zero-order chi connectivity index (χ0) is 11.8. The summed E-state index contributed by atoms with van der Waals surface area (Å²) in [5.41, 5.74) is -0.372. The van der Waals surface area contributed by atoms with E-state index in [1.807, 2.05) is 25.7 Å². The maximum Gasteiger partial charge on any atom is 0.410 e. The van der Waals surface area contributed by atoms with Crippen molar-refractivity contribution in [3.8, 4) is 0 Å². The van der Waals surface area contributed by atoms with E-state index in [9.17, 15) is 4.79 Å². The van der Waals surface area contributed by atoms with E-state index in [0.717, 1.165) is 25.7 Å². The minimum atomic E-state index is -0.372. The molecule has 92 valence electrons. The summed E-state index contributed by atoms with van der Waals surface area (Å²) in [5.74, 6) is 0. The number of piperidine rings is 2. The van der Waals surface area contributed by atoms with Crippen LogP contribution in [-0.4, -0.2) is 28.7 Å². The number of fused-ring (bicyclic) bond motifs is 2. The number of hydrogen-bond acceptors (Lipinski definition) is 2. The van der Waals surface area contributed by atoms with Gasteiger partial charge in [0.15, 0.2) is 0 Å². The van der Waals surface area contributed by atoms with Crippen molar-refractivity contribution >= 4 is 6.09 Å². The summed E-state index contributed by atoms with van der Waals surface area (Å²) in [4.78, 5) is 14.2. The van der Waals surface area contributed by atoms with Gasteiger partial charge in [-0.25, -0.2) is 4.79 Å². The van der Waals surface area contributed by atoms with Crippen LogP contribution in [0.2, 0.25) is 0 Å². The van der Waals surface area contributed by atoms with Crippen LogP contribution >= 0.6 is 0 Å². The van der Waals surface area contributed by atoms with E-state index in [-0.39, 0.29) is 11.7 Å². The molecule has 0 saturated carbocycles. The molecule has 0 aromatic carbocycles. The second kappa shape index (κ2) is 4.27. The number of rotatable bonds is 0. The van der Waals surface area contributed by atoms with Crippen molar-refractivity contribution in [2.75, 3.05) is 0 Å². The minimum Gasteiger partial charge on any atom is -0.444 e. The monoisotopic (exact) mass is 225 g/mol. The molecule has 3 heteroatoms. The van der Waals surface area contributed by atoms with Gasteiger partial charge in [0.2, 0.25) is 0 Å². The van der Waals surface area contributed by atoms with Gasteiger partial charge < -0.3 is 9.64 Å². The van der Waals surface area contributed by atoms with E-state index in [1.54, 1.807) is 0 Å². The van der Waals surface area contributed by atoms with E-state index in [4.69, 9.17) is 4.74 Å². The predicted octanol–water partition coefficient (Wildman–Crippen LogP) is 3.33. The van der Waals surface area contributed by atoms with Gasteiger partial charge in [-0.3, -0.25) is 0 Å². The third kappa shape index (κ3) is 2.50. The van der Waals surface area contributed by atoms with Crippen molar-refractivity contribution in [1.82, 2.24) is 4.90 Å². The first-order valence-corrected chi connectivity index (χ1v) is 6.49. The lowest BCUT2D eigenvalue weighted by Crippen LogP contribution is -2.53. The Kier molecular flexibility index (Phi) is 3.13. The molecule has 0 atom stereocenters. The highest BCUT2D eigenvalue weighted by atomic mass is 16.6. The van der Waals surface area contributed by atoms with Crippen LogP contribution in [-0.2, 0) is 4.74 Å². The lowest BCUT2D eigenvalue weighted by Gasteiger charge is -2.46. The highest BCUT2D eigenvalue weighted by Crippen LogP contribution is 2.34. The number of carbonyl (C=O) groups excluding carboxylic acids is 1. The fraction of sp³-hybridized carbons (Fsp3) is 0.923. The Bertz CT molecular complexity index is 248. The number of hydrogen-bond donors (Lipinski definition) is 0. The van der Waals surface area contributed by atoms with Crippen molar-refractivity contribution in [3.63, 3.8) is 0 Å². The normalized spacial score (nSPS) is 30.1. The van der Waals surface area contributed by atoms with Crippen molar-refractivity contribution in [1.29, 1.82) is 0 Å². The van der Waals surface area contributed by atoms with E-state index >= 15 is 0 Å². The molecule has 1 amide bonds. The molecule has 2 saturated heterocycles. The fourth-order valence-corrected chi connectivity index (χ4v) is 2.93. The Balaban J connectivity index is 2.04. The molecule has 2 heterocycles. The molecule has 2 rings (SSSR count). The zero-order valence-corrected chi connectivity index (χ0v) is 10.7. The quantitative estimate of drug-likeness (QED) is 0.633. The third-order valence-corrected chi connectivity index (χ3v) is 3.54. The topological polar surface area (TPSA) is 29.5 Å². The Morgan fingerprint density at radius 3 is 1.88 bits per heavy atom. The molecule has 0 unspecified atom stereocenters. The molecule has 16 heavy (non-hydrogen) atoms. The number of amides is 1. The first kappa shape index (κ1) is 11.7. The van der Waals surface area contributed by atoms with Crippen molar-refractivity contribution in [3.05, 3.63) is 0 Å². The standard InChI is InChI=1S/C13H23NO2/c1-13(2,3)16-12(15)14-10-6-4-7-11(14)9-5-8-10/h10-11H,4-9H2,1-3H3/t10-,11+. The summed E-state index contributed by atoms with van der Waals surface area (Å²) < 4.78 is 5.50. The summed E-state index contributed by atoms with van der Waals surface area (Å²) in [6.07, 6.45) is 7.10. The molecule has 0 radical (unpaired) electrons. The zero-order valence-electron chi connectivity index (χ0n) is 10.7. The summed E-state index contributed by atoms with van der Waals surface area (Å²) in [5, 5.41) is 0. The average Bonchev–Trinajstić information content (AvgIpc) is 2.13. The second-order valence-electron chi connectivity index (χ2n) is 6.06. The lowest BCUT2D eigenvalue weighted by molar-refractivity contribution is -0.0181. The van der Waals surface area contributed by atoms with Gasteiger partial charge in [0, 0.05) is 12.1 Å². The smallest absolute Gasteiger partial charge is 0.410 e. The van der Waals surface area contributed by atoms with E-state index in [1.165, 1.54) is 12.8 Å². The molecule has 2 aliphatic heterocycles. The van der Waals surface area contributed by atoms with Gasteiger partial charge in [0.25, 0.3) is 0 Å². The van der Waals surface area contributed by atoms with Crippen molar-refractivity contribution in [2.24, 2.45) is 0 Å². The molecule has 2 bridgehead atoms. The Morgan fingerprint density at radius 1 is 1.06 bits per heavy atom.